The predicted molar refractivity (Wildman–Crippen MR) is 274 cm³/mol. The highest BCUT2D eigenvalue weighted by Crippen LogP contribution is 2.12. The fourth-order valence-corrected chi connectivity index (χ4v) is 6.26. The van der Waals surface area contributed by atoms with Crippen LogP contribution in [-0.4, -0.2) is 37.2 Å². The minimum absolute atomic E-state index is 0.113. The number of allylic oxidation sites excluding steroid dienone is 22. The van der Waals surface area contributed by atoms with Crippen LogP contribution < -0.4 is 0 Å². The Labute approximate surface area is 392 Å². The van der Waals surface area contributed by atoms with E-state index in [1.165, 1.54) is 6.42 Å². The van der Waals surface area contributed by atoms with Crippen LogP contribution in [0.25, 0.3) is 0 Å². The standard InChI is InChI=1S/C58H90O6/c1-4-7-10-13-16-19-22-25-28-29-30-31-34-36-39-42-45-48-51-57(60)63-54-55(64-58(61)52-49-46-43-40-37-33-27-24-21-18-15-12-9-6-3)53-62-56(59)50-47-44-41-38-35-32-26-23-20-17-14-11-8-5-2/h8-13,16-22,25-33,55H,4-7,14-15,23-24,34-54H2,1-3H3/b11-8-,12-9-,13-10-,19-16-,20-17-,21-18-,25-22-,29-28-,31-30-,32-26-,33-27-. The van der Waals surface area contributed by atoms with Gasteiger partial charge in [0, 0.05) is 19.3 Å². The highest BCUT2D eigenvalue weighted by molar-refractivity contribution is 5.71. The van der Waals surface area contributed by atoms with Crippen molar-refractivity contribution in [2.75, 3.05) is 13.2 Å². The molecule has 0 bridgehead atoms. The highest BCUT2D eigenvalue weighted by atomic mass is 16.6. The van der Waals surface area contributed by atoms with Crippen LogP contribution in [0.1, 0.15) is 194 Å². The molecule has 0 fully saturated rings. The third kappa shape index (κ3) is 48.6. The van der Waals surface area contributed by atoms with Crippen LogP contribution in [0, 0.1) is 0 Å². The van der Waals surface area contributed by atoms with E-state index >= 15 is 0 Å². The van der Waals surface area contributed by atoms with E-state index in [0.29, 0.717) is 12.8 Å². The minimum Gasteiger partial charge on any atom is -0.462 e. The van der Waals surface area contributed by atoms with Crippen molar-refractivity contribution in [1.29, 1.82) is 0 Å². The molecule has 0 saturated heterocycles. The average molecular weight is 883 g/mol. The molecule has 0 aliphatic heterocycles. The van der Waals surface area contributed by atoms with Gasteiger partial charge < -0.3 is 14.2 Å². The molecule has 6 heteroatoms. The van der Waals surface area contributed by atoms with E-state index in [1.54, 1.807) is 0 Å². The molecular formula is C58H90O6. The Morgan fingerprint density at radius 1 is 0.344 bits per heavy atom. The summed E-state index contributed by atoms with van der Waals surface area (Å²) < 4.78 is 16.7. The number of hydrogen-bond acceptors (Lipinski definition) is 6. The second-order valence-corrected chi connectivity index (χ2v) is 16.1. The molecule has 6 nitrogen and oxygen atoms in total. The molecule has 358 valence electrons. The summed E-state index contributed by atoms with van der Waals surface area (Å²) in [5.41, 5.74) is 0. The zero-order valence-electron chi connectivity index (χ0n) is 40.7. The first kappa shape index (κ1) is 59.5. The Hall–Kier alpha value is -4.45. The first-order valence-corrected chi connectivity index (χ1v) is 25.3. The van der Waals surface area contributed by atoms with Crippen molar-refractivity contribution < 1.29 is 28.6 Å². The Morgan fingerprint density at radius 2 is 0.672 bits per heavy atom. The number of unbranched alkanes of at least 4 members (excludes halogenated alkanes) is 14. The number of hydrogen-bond donors (Lipinski definition) is 0. The van der Waals surface area contributed by atoms with Gasteiger partial charge in [-0.1, -0.05) is 206 Å². The van der Waals surface area contributed by atoms with Crippen LogP contribution in [0.3, 0.4) is 0 Å². The Bertz CT molecular complexity index is 1430. The lowest BCUT2D eigenvalue weighted by atomic mass is 10.1. The number of carbonyl (C=O) groups excluding carboxylic acids is 3. The van der Waals surface area contributed by atoms with Gasteiger partial charge in [0.15, 0.2) is 6.10 Å². The van der Waals surface area contributed by atoms with Crippen molar-refractivity contribution in [2.45, 2.75) is 200 Å². The summed E-state index contributed by atoms with van der Waals surface area (Å²) in [6.07, 6.45) is 71.4. The second kappa shape index (κ2) is 51.2. The summed E-state index contributed by atoms with van der Waals surface area (Å²) in [5, 5.41) is 0. The molecule has 0 saturated carbocycles. The van der Waals surface area contributed by atoms with E-state index < -0.39 is 6.10 Å². The zero-order chi connectivity index (χ0) is 46.5. The van der Waals surface area contributed by atoms with Gasteiger partial charge in [0.05, 0.1) is 0 Å². The molecule has 0 aromatic rings. The van der Waals surface area contributed by atoms with Crippen molar-refractivity contribution in [2.24, 2.45) is 0 Å². The molecule has 0 spiro atoms. The molecule has 0 rings (SSSR count). The molecule has 0 N–H and O–H groups in total. The zero-order valence-corrected chi connectivity index (χ0v) is 40.7. The van der Waals surface area contributed by atoms with Gasteiger partial charge >= 0.3 is 17.9 Å². The maximum Gasteiger partial charge on any atom is 0.306 e. The smallest absolute Gasteiger partial charge is 0.306 e. The fraction of sp³-hybridized carbons (Fsp3) is 0.569. The van der Waals surface area contributed by atoms with Crippen molar-refractivity contribution in [3.8, 4) is 0 Å². The summed E-state index contributed by atoms with van der Waals surface area (Å²) in [5.74, 6) is -0.992. The Balaban J connectivity index is 4.54. The monoisotopic (exact) mass is 883 g/mol. The number of ether oxygens (including phenoxy) is 3. The quantitative estimate of drug-likeness (QED) is 0.0200. The maximum absolute atomic E-state index is 12.8. The van der Waals surface area contributed by atoms with Crippen LogP contribution in [0.4, 0.5) is 0 Å². The lowest BCUT2D eigenvalue weighted by Gasteiger charge is -2.18. The van der Waals surface area contributed by atoms with E-state index in [1.807, 2.05) is 36.5 Å². The van der Waals surface area contributed by atoms with E-state index in [9.17, 15) is 14.4 Å². The molecule has 0 heterocycles. The van der Waals surface area contributed by atoms with Crippen molar-refractivity contribution in [1.82, 2.24) is 0 Å². The van der Waals surface area contributed by atoms with Crippen LogP contribution in [0.15, 0.2) is 134 Å². The Morgan fingerprint density at radius 3 is 1.09 bits per heavy atom. The van der Waals surface area contributed by atoms with Crippen LogP contribution in [0.5, 0.6) is 0 Å². The molecule has 0 aromatic heterocycles. The molecule has 1 unspecified atom stereocenters. The predicted octanol–water partition coefficient (Wildman–Crippen LogP) is 16.7. The van der Waals surface area contributed by atoms with E-state index in [0.717, 1.165) is 148 Å². The van der Waals surface area contributed by atoms with Gasteiger partial charge in [-0.05, 0) is 103 Å². The van der Waals surface area contributed by atoms with Gasteiger partial charge in [0.2, 0.25) is 0 Å². The third-order valence-electron chi connectivity index (χ3n) is 9.98. The lowest BCUT2D eigenvalue weighted by molar-refractivity contribution is -0.167. The first-order chi connectivity index (χ1) is 31.5. The average Bonchev–Trinajstić information content (AvgIpc) is 3.29. The minimum atomic E-state index is -0.815. The van der Waals surface area contributed by atoms with E-state index in [4.69, 9.17) is 14.2 Å². The van der Waals surface area contributed by atoms with Crippen molar-refractivity contribution >= 4 is 17.9 Å². The molecule has 0 amide bonds. The summed E-state index contributed by atoms with van der Waals surface area (Å²) in [6, 6.07) is 0. The van der Waals surface area contributed by atoms with Crippen molar-refractivity contribution in [3.63, 3.8) is 0 Å². The number of rotatable bonds is 43. The van der Waals surface area contributed by atoms with Gasteiger partial charge in [-0.25, -0.2) is 0 Å². The molecule has 0 aromatic carbocycles. The molecule has 0 aliphatic rings. The van der Waals surface area contributed by atoms with Crippen LogP contribution in [-0.2, 0) is 28.6 Å². The number of carbonyl (C=O) groups is 3. The van der Waals surface area contributed by atoms with Gasteiger partial charge in [0.1, 0.15) is 13.2 Å². The van der Waals surface area contributed by atoms with Crippen LogP contribution >= 0.6 is 0 Å². The normalized spacial score (nSPS) is 13.2. The van der Waals surface area contributed by atoms with Gasteiger partial charge in [-0.3, -0.25) is 14.4 Å². The summed E-state index contributed by atoms with van der Waals surface area (Å²) in [7, 11) is 0. The van der Waals surface area contributed by atoms with Gasteiger partial charge in [-0.15, -0.1) is 0 Å². The summed E-state index contributed by atoms with van der Waals surface area (Å²) >= 11 is 0. The van der Waals surface area contributed by atoms with Gasteiger partial charge in [-0.2, -0.15) is 0 Å². The largest absolute Gasteiger partial charge is 0.462 e. The third-order valence-corrected chi connectivity index (χ3v) is 9.98. The summed E-state index contributed by atoms with van der Waals surface area (Å²) in [4.78, 5) is 38.0. The Kier molecular flexibility index (Phi) is 47.6. The molecule has 0 radical (unpaired) electrons. The molecule has 0 aliphatic carbocycles. The topological polar surface area (TPSA) is 78.9 Å². The lowest BCUT2D eigenvalue weighted by Crippen LogP contribution is -2.30. The molecular weight excluding hydrogens is 793 g/mol. The van der Waals surface area contributed by atoms with Crippen LogP contribution in [0.2, 0.25) is 0 Å². The molecule has 64 heavy (non-hydrogen) atoms. The first-order valence-electron chi connectivity index (χ1n) is 25.3. The highest BCUT2D eigenvalue weighted by Gasteiger charge is 2.19. The number of esters is 3. The van der Waals surface area contributed by atoms with Gasteiger partial charge in [0.25, 0.3) is 0 Å². The van der Waals surface area contributed by atoms with E-state index in [2.05, 4.69) is 118 Å². The second-order valence-electron chi connectivity index (χ2n) is 16.1. The SMILES string of the molecule is CC/C=C\C/C=C\C/C=C\CCCCCCC(=O)OCC(COC(=O)CCCCCCC\C=C/C=C\C=C/C=C\C=C/CCC)OC(=O)CCCCCC/C=C\C/C=C\C/C=C\CC. The van der Waals surface area contributed by atoms with Crippen molar-refractivity contribution in [3.05, 3.63) is 134 Å². The fourth-order valence-electron chi connectivity index (χ4n) is 6.26. The maximum atomic E-state index is 12.8. The van der Waals surface area contributed by atoms with E-state index in [-0.39, 0.29) is 37.5 Å². The summed E-state index contributed by atoms with van der Waals surface area (Å²) in [6.45, 7) is 6.24. The molecule has 1 atom stereocenters.